The van der Waals surface area contributed by atoms with Gasteiger partial charge in [-0.1, -0.05) is 6.42 Å². The van der Waals surface area contributed by atoms with Gasteiger partial charge in [-0.25, -0.2) is 0 Å². The summed E-state index contributed by atoms with van der Waals surface area (Å²) in [7, 11) is 2.35. The summed E-state index contributed by atoms with van der Waals surface area (Å²) in [6, 6.07) is 1.69. The highest BCUT2D eigenvalue weighted by Crippen LogP contribution is 2.29. The molecule has 3 aliphatic rings. The van der Waals surface area contributed by atoms with Crippen molar-refractivity contribution in [3.63, 3.8) is 0 Å². The Bertz CT molecular complexity index is 277. The number of piperazine rings is 1. The number of nitrogens with one attached hydrogen (secondary N) is 1. The van der Waals surface area contributed by atoms with E-state index in [0.29, 0.717) is 0 Å². The number of rotatable bonds is 4. The van der Waals surface area contributed by atoms with E-state index in [1.807, 2.05) is 0 Å². The van der Waals surface area contributed by atoms with Crippen molar-refractivity contribution >= 4 is 0 Å². The van der Waals surface area contributed by atoms with Gasteiger partial charge in [0.1, 0.15) is 0 Å². The molecule has 4 nitrogen and oxygen atoms in total. The molecule has 0 radical (unpaired) electrons. The molecule has 3 heterocycles. The molecule has 2 atom stereocenters. The Morgan fingerprint density at radius 2 is 1.89 bits per heavy atom. The monoisotopic (exact) mass is 266 g/mol. The van der Waals surface area contributed by atoms with Crippen LogP contribution in [-0.4, -0.2) is 86.2 Å². The van der Waals surface area contributed by atoms with Gasteiger partial charge in [0.15, 0.2) is 0 Å². The van der Waals surface area contributed by atoms with Crippen LogP contribution in [0.1, 0.15) is 25.7 Å². The van der Waals surface area contributed by atoms with E-state index in [0.717, 1.165) is 12.1 Å². The fraction of sp³-hybridized carbons (Fsp3) is 1.00. The summed E-state index contributed by atoms with van der Waals surface area (Å²) < 4.78 is 0. The Morgan fingerprint density at radius 3 is 2.74 bits per heavy atom. The van der Waals surface area contributed by atoms with Crippen molar-refractivity contribution in [1.29, 1.82) is 0 Å². The lowest BCUT2D eigenvalue weighted by molar-refractivity contribution is 0.118. The molecule has 0 aromatic rings. The minimum Gasteiger partial charge on any atom is -0.314 e. The van der Waals surface area contributed by atoms with Gasteiger partial charge in [0.05, 0.1) is 0 Å². The van der Waals surface area contributed by atoms with Crippen molar-refractivity contribution in [3.05, 3.63) is 0 Å². The van der Waals surface area contributed by atoms with Crippen LogP contribution in [0.4, 0.5) is 0 Å². The lowest BCUT2D eigenvalue weighted by Crippen LogP contribution is -2.49. The molecule has 0 aromatic carbocycles. The average molecular weight is 266 g/mol. The number of piperidine rings is 1. The van der Waals surface area contributed by atoms with Crippen LogP contribution in [0.25, 0.3) is 0 Å². The van der Waals surface area contributed by atoms with Crippen molar-refractivity contribution in [2.75, 3.05) is 59.4 Å². The van der Waals surface area contributed by atoms with Crippen LogP contribution in [-0.2, 0) is 0 Å². The molecule has 110 valence electrons. The minimum atomic E-state index is 0.822. The number of nitrogens with zero attached hydrogens (tertiary/aromatic N) is 3. The Labute approximate surface area is 118 Å². The summed E-state index contributed by atoms with van der Waals surface area (Å²) >= 11 is 0. The third-order valence-corrected chi connectivity index (χ3v) is 5.37. The molecule has 1 N–H and O–H groups in total. The second-order valence-corrected chi connectivity index (χ2v) is 6.53. The summed E-state index contributed by atoms with van der Waals surface area (Å²) in [5.41, 5.74) is 0. The maximum absolute atomic E-state index is 3.43. The van der Waals surface area contributed by atoms with Gasteiger partial charge in [0, 0.05) is 57.9 Å². The predicted molar refractivity (Wildman–Crippen MR) is 79.6 cm³/mol. The van der Waals surface area contributed by atoms with Crippen molar-refractivity contribution in [3.8, 4) is 0 Å². The SMILES string of the molecule is CN(CCN1CCNCC1)C1CCN2CCCCC12. The van der Waals surface area contributed by atoms with Gasteiger partial charge < -0.3 is 10.2 Å². The quantitative estimate of drug-likeness (QED) is 0.797. The first kappa shape index (κ1) is 13.8. The summed E-state index contributed by atoms with van der Waals surface area (Å²) in [5.74, 6) is 0. The molecule has 19 heavy (non-hydrogen) atoms. The van der Waals surface area contributed by atoms with Crippen LogP contribution in [0.15, 0.2) is 0 Å². The second-order valence-electron chi connectivity index (χ2n) is 6.53. The smallest absolute Gasteiger partial charge is 0.0261 e. The van der Waals surface area contributed by atoms with Gasteiger partial charge >= 0.3 is 0 Å². The summed E-state index contributed by atoms with van der Waals surface area (Å²) in [6.07, 6.45) is 5.70. The third kappa shape index (κ3) is 3.30. The molecule has 0 amide bonds. The largest absolute Gasteiger partial charge is 0.314 e. The predicted octanol–water partition coefficient (Wildman–Crippen LogP) is 0.450. The van der Waals surface area contributed by atoms with E-state index in [4.69, 9.17) is 0 Å². The highest BCUT2D eigenvalue weighted by molar-refractivity contribution is 4.94. The zero-order valence-electron chi connectivity index (χ0n) is 12.5. The molecular formula is C15H30N4. The van der Waals surface area contributed by atoms with E-state index in [-0.39, 0.29) is 0 Å². The number of hydrogen-bond donors (Lipinski definition) is 1. The molecule has 3 saturated heterocycles. The Balaban J connectivity index is 1.45. The van der Waals surface area contributed by atoms with Crippen molar-refractivity contribution in [2.24, 2.45) is 0 Å². The van der Waals surface area contributed by atoms with Crippen LogP contribution in [0.5, 0.6) is 0 Å². The standard InChI is InChI=1S/C15H30N4/c1-17(12-13-18-10-6-16-7-11-18)14-5-9-19-8-3-2-4-15(14)19/h14-16H,2-13H2,1H3. The molecule has 2 unspecified atom stereocenters. The van der Waals surface area contributed by atoms with Gasteiger partial charge in [-0.15, -0.1) is 0 Å². The molecule has 0 aromatic heterocycles. The van der Waals surface area contributed by atoms with Crippen LogP contribution in [0.3, 0.4) is 0 Å². The number of fused-ring (bicyclic) bond motifs is 1. The van der Waals surface area contributed by atoms with E-state index in [1.165, 1.54) is 78.0 Å². The molecule has 4 heteroatoms. The van der Waals surface area contributed by atoms with Crippen molar-refractivity contribution < 1.29 is 0 Å². The Hall–Kier alpha value is -0.160. The highest BCUT2D eigenvalue weighted by Gasteiger charge is 2.37. The zero-order valence-corrected chi connectivity index (χ0v) is 12.5. The van der Waals surface area contributed by atoms with Crippen LogP contribution in [0.2, 0.25) is 0 Å². The van der Waals surface area contributed by atoms with Gasteiger partial charge in [-0.2, -0.15) is 0 Å². The van der Waals surface area contributed by atoms with Crippen LogP contribution in [0, 0.1) is 0 Å². The number of likely N-dealkylation sites (N-methyl/N-ethyl adjacent to an activating group) is 1. The minimum absolute atomic E-state index is 0.822. The molecular weight excluding hydrogens is 236 g/mol. The lowest BCUT2D eigenvalue weighted by atomic mass is 9.98. The fourth-order valence-corrected chi connectivity index (χ4v) is 4.13. The van der Waals surface area contributed by atoms with Crippen LogP contribution < -0.4 is 5.32 Å². The normalized spacial score (nSPS) is 33.8. The maximum Gasteiger partial charge on any atom is 0.0261 e. The van der Waals surface area contributed by atoms with Gasteiger partial charge in [-0.05, 0) is 32.9 Å². The topological polar surface area (TPSA) is 21.8 Å². The van der Waals surface area contributed by atoms with E-state index in [1.54, 1.807) is 0 Å². The van der Waals surface area contributed by atoms with Crippen molar-refractivity contribution in [1.82, 2.24) is 20.0 Å². The third-order valence-electron chi connectivity index (χ3n) is 5.37. The Kier molecular flexibility index (Phi) is 4.74. The summed E-state index contributed by atoms with van der Waals surface area (Å²) in [6.45, 7) is 9.99. The van der Waals surface area contributed by atoms with Gasteiger partial charge in [0.25, 0.3) is 0 Å². The fourth-order valence-electron chi connectivity index (χ4n) is 4.13. The highest BCUT2D eigenvalue weighted by atomic mass is 15.3. The molecule has 0 spiro atoms. The van der Waals surface area contributed by atoms with Crippen LogP contribution >= 0.6 is 0 Å². The summed E-state index contributed by atoms with van der Waals surface area (Å²) in [5, 5.41) is 3.43. The average Bonchev–Trinajstić information content (AvgIpc) is 2.90. The lowest BCUT2D eigenvalue weighted by Gasteiger charge is -2.37. The first-order chi connectivity index (χ1) is 9.34. The maximum atomic E-state index is 3.43. The Morgan fingerprint density at radius 1 is 1.05 bits per heavy atom. The first-order valence-electron chi connectivity index (χ1n) is 8.22. The van der Waals surface area contributed by atoms with Gasteiger partial charge in [0.2, 0.25) is 0 Å². The number of hydrogen-bond acceptors (Lipinski definition) is 4. The summed E-state index contributed by atoms with van der Waals surface area (Å²) in [4.78, 5) is 8.01. The van der Waals surface area contributed by atoms with Gasteiger partial charge in [-0.3, -0.25) is 9.80 Å². The van der Waals surface area contributed by atoms with E-state index >= 15 is 0 Å². The van der Waals surface area contributed by atoms with Crippen molar-refractivity contribution in [2.45, 2.75) is 37.8 Å². The van der Waals surface area contributed by atoms with E-state index in [9.17, 15) is 0 Å². The second kappa shape index (κ2) is 6.53. The molecule has 0 saturated carbocycles. The zero-order chi connectivity index (χ0) is 13.1. The first-order valence-corrected chi connectivity index (χ1v) is 8.22. The molecule has 0 bridgehead atoms. The molecule has 3 aliphatic heterocycles. The molecule has 0 aliphatic carbocycles. The van der Waals surface area contributed by atoms with E-state index < -0.39 is 0 Å². The van der Waals surface area contributed by atoms with E-state index in [2.05, 4.69) is 27.1 Å². The molecule has 3 fully saturated rings. The molecule has 3 rings (SSSR count).